The van der Waals surface area contributed by atoms with Gasteiger partial charge in [-0.3, -0.25) is 9.89 Å². The Bertz CT molecular complexity index is 761. The zero-order chi connectivity index (χ0) is 18.5. The minimum absolute atomic E-state index is 0.172. The molecule has 1 saturated carbocycles. The Labute approximate surface area is 155 Å². The van der Waals surface area contributed by atoms with E-state index in [2.05, 4.69) is 20.5 Å². The first-order valence-electron chi connectivity index (χ1n) is 8.85. The van der Waals surface area contributed by atoms with Crippen molar-refractivity contribution in [2.45, 2.75) is 55.9 Å². The molecule has 1 heterocycles. The predicted molar refractivity (Wildman–Crippen MR) is 97.0 cm³/mol. The number of carbonyl (C=O) groups excluding carboxylic acids is 1. The van der Waals surface area contributed by atoms with Gasteiger partial charge in [-0.25, -0.2) is 13.8 Å². The van der Waals surface area contributed by atoms with Gasteiger partial charge in [0.05, 0.1) is 10.9 Å². The smallest absolute Gasteiger partial charge is 0.237 e. The number of nitrogens with zero attached hydrogens (tertiary/aromatic N) is 2. The van der Waals surface area contributed by atoms with Crippen LogP contribution in [0.15, 0.2) is 23.4 Å². The highest BCUT2D eigenvalue weighted by atomic mass is 32.2. The zero-order valence-electron chi connectivity index (χ0n) is 14.6. The van der Waals surface area contributed by atoms with Crippen molar-refractivity contribution in [1.82, 2.24) is 15.2 Å². The van der Waals surface area contributed by atoms with Crippen molar-refractivity contribution in [3.05, 3.63) is 35.7 Å². The number of aromatic nitrogens is 3. The minimum atomic E-state index is -0.677. The van der Waals surface area contributed by atoms with Gasteiger partial charge in [-0.05, 0) is 31.4 Å². The average Bonchev–Trinajstić information content (AvgIpc) is 3.28. The molecule has 1 aromatic heterocycles. The Kier molecular flexibility index (Phi) is 6.24. The lowest BCUT2D eigenvalue weighted by Gasteiger charge is -2.10. The van der Waals surface area contributed by atoms with Gasteiger partial charge in [0.1, 0.15) is 17.5 Å². The monoisotopic (exact) mass is 380 g/mol. The fourth-order valence-corrected chi connectivity index (χ4v) is 3.86. The van der Waals surface area contributed by atoms with Gasteiger partial charge in [-0.15, -0.1) is 5.10 Å². The molecule has 1 atom stereocenters. The van der Waals surface area contributed by atoms with Gasteiger partial charge >= 0.3 is 0 Å². The number of anilines is 1. The summed E-state index contributed by atoms with van der Waals surface area (Å²) in [5.41, 5.74) is -0.172. The van der Waals surface area contributed by atoms with E-state index in [0.717, 1.165) is 42.8 Å². The van der Waals surface area contributed by atoms with Gasteiger partial charge in [0.15, 0.2) is 0 Å². The molecule has 3 rings (SSSR count). The first-order chi connectivity index (χ1) is 12.5. The van der Waals surface area contributed by atoms with Crippen LogP contribution >= 0.6 is 11.8 Å². The number of amides is 1. The van der Waals surface area contributed by atoms with E-state index in [-0.39, 0.29) is 5.69 Å². The predicted octanol–water partition coefficient (Wildman–Crippen LogP) is 4.33. The fraction of sp³-hybridized carbons (Fsp3) is 0.500. The van der Waals surface area contributed by atoms with Gasteiger partial charge in [0, 0.05) is 12.5 Å². The molecule has 1 aromatic carbocycles. The van der Waals surface area contributed by atoms with Crippen LogP contribution in [0.3, 0.4) is 0 Å². The number of aryl methyl sites for hydroxylation is 1. The fourth-order valence-electron chi connectivity index (χ4n) is 3.12. The number of hydrogen-bond acceptors (Lipinski definition) is 4. The van der Waals surface area contributed by atoms with Crippen molar-refractivity contribution in [3.63, 3.8) is 0 Å². The lowest BCUT2D eigenvalue weighted by atomic mass is 10.0. The number of carbonyl (C=O) groups is 1. The Balaban J connectivity index is 1.51. The van der Waals surface area contributed by atoms with E-state index < -0.39 is 22.8 Å². The van der Waals surface area contributed by atoms with Crippen molar-refractivity contribution in [3.8, 4) is 0 Å². The molecule has 0 spiro atoms. The van der Waals surface area contributed by atoms with E-state index >= 15 is 0 Å². The first kappa shape index (κ1) is 18.8. The molecule has 1 aliphatic carbocycles. The second-order valence-electron chi connectivity index (χ2n) is 6.63. The van der Waals surface area contributed by atoms with E-state index in [4.69, 9.17) is 0 Å². The van der Waals surface area contributed by atoms with Crippen LogP contribution in [0.25, 0.3) is 0 Å². The summed E-state index contributed by atoms with van der Waals surface area (Å²) < 4.78 is 26.8. The third-order valence-corrected chi connectivity index (χ3v) is 5.57. The highest BCUT2D eigenvalue weighted by molar-refractivity contribution is 8.00. The Morgan fingerprint density at radius 1 is 1.38 bits per heavy atom. The van der Waals surface area contributed by atoms with E-state index in [0.29, 0.717) is 5.16 Å². The van der Waals surface area contributed by atoms with E-state index in [1.807, 2.05) is 0 Å². The van der Waals surface area contributed by atoms with Crippen LogP contribution in [0.2, 0.25) is 0 Å². The van der Waals surface area contributed by atoms with Gasteiger partial charge < -0.3 is 5.32 Å². The molecule has 0 saturated heterocycles. The summed E-state index contributed by atoms with van der Waals surface area (Å²) >= 11 is 1.18. The molecule has 0 radical (unpaired) electrons. The largest absolute Gasteiger partial charge is 0.323 e. The van der Waals surface area contributed by atoms with Crippen molar-refractivity contribution in [2.75, 3.05) is 5.32 Å². The van der Waals surface area contributed by atoms with Gasteiger partial charge in [0.2, 0.25) is 11.1 Å². The molecule has 8 heteroatoms. The summed E-state index contributed by atoms with van der Waals surface area (Å²) in [6.45, 7) is 1.67. The molecule has 2 aromatic rings. The molecule has 0 bridgehead atoms. The number of benzene rings is 1. The number of H-pyrrole nitrogens is 1. The highest BCUT2D eigenvalue weighted by Gasteiger charge is 2.20. The Hall–Kier alpha value is -1.96. The maximum absolute atomic E-state index is 13.6. The van der Waals surface area contributed by atoms with Gasteiger partial charge in [-0.1, -0.05) is 37.4 Å². The normalized spacial score (nSPS) is 16.0. The Morgan fingerprint density at radius 2 is 2.15 bits per heavy atom. The molecule has 1 fully saturated rings. The summed E-state index contributed by atoms with van der Waals surface area (Å²) in [5.74, 6) is -0.117. The minimum Gasteiger partial charge on any atom is -0.323 e. The van der Waals surface area contributed by atoms with Crippen LogP contribution < -0.4 is 5.32 Å². The van der Waals surface area contributed by atoms with Crippen molar-refractivity contribution >= 4 is 23.4 Å². The number of aromatic amines is 1. The molecule has 5 nitrogen and oxygen atoms in total. The molecule has 140 valence electrons. The molecule has 2 N–H and O–H groups in total. The van der Waals surface area contributed by atoms with Crippen LogP contribution in [-0.4, -0.2) is 26.3 Å². The van der Waals surface area contributed by atoms with E-state index in [9.17, 15) is 13.6 Å². The molecule has 1 amide bonds. The molecule has 0 aliphatic heterocycles. The highest BCUT2D eigenvalue weighted by Crippen LogP contribution is 2.28. The van der Waals surface area contributed by atoms with Crippen LogP contribution in [-0.2, 0) is 11.2 Å². The number of nitrogens with one attached hydrogen (secondary N) is 2. The topological polar surface area (TPSA) is 70.7 Å². The molecule has 26 heavy (non-hydrogen) atoms. The number of halogens is 2. The van der Waals surface area contributed by atoms with Gasteiger partial charge in [0.25, 0.3) is 0 Å². The summed E-state index contributed by atoms with van der Waals surface area (Å²) in [5, 5.41) is 9.39. The lowest BCUT2D eigenvalue weighted by Crippen LogP contribution is -2.23. The second kappa shape index (κ2) is 8.62. The van der Waals surface area contributed by atoms with Crippen LogP contribution in [0.1, 0.15) is 44.9 Å². The van der Waals surface area contributed by atoms with Crippen molar-refractivity contribution in [1.29, 1.82) is 0 Å². The summed E-state index contributed by atoms with van der Waals surface area (Å²) in [7, 11) is 0. The summed E-state index contributed by atoms with van der Waals surface area (Å²) in [6.07, 6.45) is 7.19. The summed E-state index contributed by atoms with van der Waals surface area (Å²) in [6, 6.07) is 2.94. The maximum atomic E-state index is 13.6. The third-order valence-electron chi connectivity index (χ3n) is 4.61. The third kappa shape index (κ3) is 5.03. The van der Waals surface area contributed by atoms with Gasteiger partial charge in [-0.2, -0.15) is 0 Å². The summed E-state index contributed by atoms with van der Waals surface area (Å²) in [4.78, 5) is 16.6. The quantitative estimate of drug-likeness (QED) is 0.702. The van der Waals surface area contributed by atoms with E-state index in [1.165, 1.54) is 37.4 Å². The van der Waals surface area contributed by atoms with Crippen LogP contribution in [0.5, 0.6) is 0 Å². The number of rotatable bonds is 7. The molecular weight excluding hydrogens is 358 g/mol. The van der Waals surface area contributed by atoms with Crippen LogP contribution in [0.4, 0.5) is 14.5 Å². The first-order valence-corrected chi connectivity index (χ1v) is 9.73. The van der Waals surface area contributed by atoms with Crippen molar-refractivity contribution in [2.24, 2.45) is 5.92 Å². The van der Waals surface area contributed by atoms with Crippen molar-refractivity contribution < 1.29 is 13.6 Å². The zero-order valence-corrected chi connectivity index (χ0v) is 15.4. The molecular formula is C18H22F2N4OS. The standard InChI is InChI=1S/C18H22F2N4OS/c1-11(17(25)21-15-10-13(19)7-8-14(15)20)26-18-22-16(23-24-18)9-6-12-4-2-3-5-12/h7-8,10-12H,2-6,9H2,1H3,(H,21,25)(H,22,23,24)/t11-/m0/s1. The molecule has 1 aliphatic rings. The molecule has 0 unspecified atom stereocenters. The second-order valence-corrected chi connectivity index (χ2v) is 7.94. The number of hydrogen-bond donors (Lipinski definition) is 2. The lowest BCUT2D eigenvalue weighted by molar-refractivity contribution is -0.115. The Morgan fingerprint density at radius 3 is 2.92 bits per heavy atom. The average molecular weight is 380 g/mol. The number of thioether (sulfide) groups is 1. The van der Waals surface area contributed by atoms with E-state index in [1.54, 1.807) is 6.92 Å². The van der Waals surface area contributed by atoms with Crippen LogP contribution in [0, 0.1) is 17.6 Å². The SMILES string of the molecule is C[C@H](Sc1n[nH]c(CCC2CCCC2)n1)C(=O)Nc1cc(F)ccc1F. The maximum Gasteiger partial charge on any atom is 0.237 e.